The number of ether oxygens (including phenoxy) is 1. The SMILES string of the molecule is O=C(CCOCC(F)F)c1ccc(I)cc1. The number of alkyl halides is 2. The lowest BCUT2D eigenvalue weighted by Crippen LogP contribution is -2.09. The van der Waals surface area contributed by atoms with Crippen LogP contribution in [-0.2, 0) is 4.74 Å². The molecule has 1 aromatic carbocycles. The molecule has 0 unspecified atom stereocenters. The van der Waals surface area contributed by atoms with Crippen molar-refractivity contribution in [2.45, 2.75) is 12.8 Å². The van der Waals surface area contributed by atoms with Crippen molar-refractivity contribution < 1.29 is 18.3 Å². The van der Waals surface area contributed by atoms with E-state index in [9.17, 15) is 13.6 Å². The number of carbonyl (C=O) groups is 1. The fourth-order valence-corrected chi connectivity index (χ4v) is 1.48. The summed E-state index contributed by atoms with van der Waals surface area (Å²) in [5.41, 5.74) is 0.584. The summed E-state index contributed by atoms with van der Waals surface area (Å²) in [6.45, 7) is -0.574. The van der Waals surface area contributed by atoms with Crippen molar-refractivity contribution in [1.82, 2.24) is 0 Å². The van der Waals surface area contributed by atoms with Gasteiger partial charge in [-0.15, -0.1) is 0 Å². The molecule has 88 valence electrons. The van der Waals surface area contributed by atoms with Gasteiger partial charge in [0, 0.05) is 15.6 Å². The third-order valence-corrected chi connectivity index (χ3v) is 2.60. The summed E-state index contributed by atoms with van der Waals surface area (Å²) in [7, 11) is 0. The quantitative estimate of drug-likeness (QED) is 0.452. The van der Waals surface area contributed by atoms with Crippen molar-refractivity contribution in [1.29, 1.82) is 0 Å². The molecule has 0 fully saturated rings. The van der Waals surface area contributed by atoms with E-state index in [1.165, 1.54) is 0 Å². The lowest BCUT2D eigenvalue weighted by molar-refractivity contribution is 0.0170. The first kappa shape index (κ1) is 13.5. The Balaban J connectivity index is 2.32. The number of hydrogen-bond donors (Lipinski definition) is 0. The van der Waals surface area contributed by atoms with Gasteiger partial charge in [0.05, 0.1) is 6.61 Å². The van der Waals surface area contributed by atoms with E-state index < -0.39 is 13.0 Å². The number of carbonyl (C=O) groups excluding carboxylic acids is 1. The van der Waals surface area contributed by atoms with E-state index in [4.69, 9.17) is 0 Å². The Morgan fingerprint density at radius 2 is 1.94 bits per heavy atom. The second-order valence-electron chi connectivity index (χ2n) is 3.15. The van der Waals surface area contributed by atoms with Crippen molar-refractivity contribution in [3.8, 4) is 0 Å². The Morgan fingerprint density at radius 3 is 2.50 bits per heavy atom. The molecule has 5 heteroatoms. The van der Waals surface area contributed by atoms with Gasteiger partial charge >= 0.3 is 0 Å². The highest BCUT2D eigenvalue weighted by Crippen LogP contribution is 2.09. The highest BCUT2D eigenvalue weighted by atomic mass is 127. The number of ketones is 1. The van der Waals surface area contributed by atoms with E-state index in [1.54, 1.807) is 12.1 Å². The van der Waals surface area contributed by atoms with E-state index in [2.05, 4.69) is 27.3 Å². The number of hydrogen-bond acceptors (Lipinski definition) is 2. The lowest BCUT2D eigenvalue weighted by atomic mass is 10.1. The first-order valence-electron chi connectivity index (χ1n) is 4.74. The Hall–Kier alpha value is -0.560. The van der Waals surface area contributed by atoms with Crippen molar-refractivity contribution >= 4 is 28.4 Å². The molecular weight excluding hydrogens is 329 g/mol. The highest BCUT2D eigenvalue weighted by Gasteiger charge is 2.07. The largest absolute Gasteiger partial charge is 0.375 e. The zero-order chi connectivity index (χ0) is 12.0. The van der Waals surface area contributed by atoms with E-state index >= 15 is 0 Å². The van der Waals surface area contributed by atoms with Crippen LogP contribution >= 0.6 is 22.6 Å². The molecule has 0 aliphatic rings. The summed E-state index contributed by atoms with van der Waals surface area (Å²) in [6.07, 6.45) is -2.35. The molecule has 0 radical (unpaired) electrons. The topological polar surface area (TPSA) is 26.3 Å². The van der Waals surface area contributed by atoms with E-state index in [0.29, 0.717) is 5.56 Å². The molecule has 0 N–H and O–H groups in total. The van der Waals surface area contributed by atoms with E-state index in [1.807, 2.05) is 12.1 Å². The van der Waals surface area contributed by atoms with Gasteiger partial charge in [0.15, 0.2) is 5.78 Å². The molecule has 0 bridgehead atoms. The maximum absolute atomic E-state index is 11.7. The molecule has 0 aromatic heterocycles. The average molecular weight is 340 g/mol. The third kappa shape index (κ3) is 4.98. The molecule has 0 heterocycles. The minimum Gasteiger partial charge on any atom is -0.375 e. The van der Waals surface area contributed by atoms with Gasteiger partial charge in [0.25, 0.3) is 6.43 Å². The Morgan fingerprint density at radius 1 is 1.31 bits per heavy atom. The van der Waals surface area contributed by atoms with Gasteiger partial charge in [0.1, 0.15) is 6.61 Å². The fraction of sp³-hybridized carbons (Fsp3) is 0.364. The molecule has 0 aliphatic heterocycles. The summed E-state index contributed by atoms with van der Waals surface area (Å²) in [4.78, 5) is 11.5. The first-order chi connectivity index (χ1) is 7.59. The van der Waals surface area contributed by atoms with Crippen LogP contribution < -0.4 is 0 Å². The van der Waals surface area contributed by atoms with Crippen LogP contribution in [0.5, 0.6) is 0 Å². The normalized spacial score (nSPS) is 10.8. The van der Waals surface area contributed by atoms with E-state index in [0.717, 1.165) is 3.57 Å². The van der Waals surface area contributed by atoms with Crippen LogP contribution in [0.3, 0.4) is 0 Å². The van der Waals surface area contributed by atoms with Gasteiger partial charge in [-0.3, -0.25) is 4.79 Å². The van der Waals surface area contributed by atoms with Crippen LogP contribution in [0.25, 0.3) is 0 Å². The van der Waals surface area contributed by atoms with Gasteiger partial charge < -0.3 is 4.74 Å². The van der Waals surface area contributed by atoms with Crippen molar-refractivity contribution in [2.75, 3.05) is 13.2 Å². The van der Waals surface area contributed by atoms with Gasteiger partial charge in [-0.05, 0) is 34.7 Å². The average Bonchev–Trinajstić information content (AvgIpc) is 2.25. The Bertz CT molecular complexity index is 338. The van der Waals surface area contributed by atoms with Crippen LogP contribution in [0.4, 0.5) is 8.78 Å². The zero-order valence-electron chi connectivity index (χ0n) is 8.46. The van der Waals surface area contributed by atoms with E-state index in [-0.39, 0.29) is 18.8 Å². The molecule has 16 heavy (non-hydrogen) atoms. The minimum absolute atomic E-state index is 0.0369. The predicted octanol–water partition coefficient (Wildman–Crippen LogP) is 3.15. The molecule has 2 nitrogen and oxygen atoms in total. The van der Waals surface area contributed by atoms with Crippen LogP contribution in [0.1, 0.15) is 16.8 Å². The molecule has 0 saturated carbocycles. The third-order valence-electron chi connectivity index (χ3n) is 1.88. The number of Topliss-reactive ketones (excluding diaryl/α,β-unsaturated/α-hetero) is 1. The smallest absolute Gasteiger partial charge is 0.261 e. The Labute approximate surface area is 106 Å². The number of rotatable bonds is 6. The van der Waals surface area contributed by atoms with Gasteiger partial charge in [-0.2, -0.15) is 0 Å². The molecular formula is C11H11F2IO2. The van der Waals surface area contributed by atoms with Crippen LogP contribution in [0.2, 0.25) is 0 Å². The van der Waals surface area contributed by atoms with Gasteiger partial charge in [-0.25, -0.2) is 8.78 Å². The summed E-state index contributed by atoms with van der Waals surface area (Å²) in [5.74, 6) is -0.0920. The summed E-state index contributed by atoms with van der Waals surface area (Å²) >= 11 is 2.14. The number of halogens is 3. The summed E-state index contributed by atoms with van der Waals surface area (Å²) in [5, 5.41) is 0. The zero-order valence-corrected chi connectivity index (χ0v) is 10.6. The minimum atomic E-state index is -2.48. The monoisotopic (exact) mass is 340 g/mol. The van der Waals surface area contributed by atoms with Crippen molar-refractivity contribution in [3.05, 3.63) is 33.4 Å². The second-order valence-corrected chi connectivity index (χ2v) is 4.39. The first-order valence-corrected chi connectivity index (χ1v) is 5.82. The summed E-state index contributed by atoms with van der Waals surface area (Å²) in [6, 6.07) is 7.09. The molecule has 1 aromatic rings. The molecule has 0 atom stereocenters. The standard InChI is InChI=1S/C11H11F2IO2/c12-11(13)7-16-6-5-10(15)8-1-3-9(14)4-2-8/h1-4,11H,5-7H2. The predicted molar refractivity (Wildman–Crippen MR) is 64.9 cm³/mol. The molecule has 0 saturated heterocycles. The molecule has 0 aliphatic carbocycles. The molecule has 1 rings (SSSR count). The van der Waals surface area contributed by atoms with Gasteiger partial charge in [-0.1, -0.05) is 12.1 Å². The Kier molecular flexibility index (Phi) is 5.83. The maximum atomic E-state index is 11.7. The van der Waals surface area contributed by atoms with Crippen LogP contribution in [0, 0.1) is 3.57 Å². The van der Waals surface area contributed by atoms with Gasteiger partial charge in [0.2, 0.25) is 0 Å². The van der Waals surface area contributed by atoms with Crippen LogP contribution in [-0.4, -0.2) is 25.4 Å². The second kappa shape index (κ2) is 6.90. The lowest BCUT2D eigenvalue weighted by Gasteiger charge is -2.03. The molecule has 0 amide bonds. The highest BCUT2D eigenvalue weighted by molar-refractivity contribution is 14.1. The fourth-order valence-electron chi connectivity index (χ4n) is 1.12. The van der Waals surface area contributed by atoms with Crippen molar-refractivity contribution in [2.24, 2.45) is 0 Å². The van der Waals surface area contributed by atoms with Crippen LogP contribution in [0.15, 0.2) is 24.3 Å². The number of benzene rings is 1. The molecule has 0 spiro atoms. The summed E-state index contributed by atoms with van der Waals surface area (Å²) < 4.78 is 29.1. The van der Waals surface area contributed by atoms with Crippen molar-refractivity contribution in [3.63, 3.8) is 0 Å². The maximum Gasteiger partial charge on any atom is 0.261 e.